The van der Waals surface area contributed by atoms with Gasteiger partial charge >= 0.3 is 0 Å². The molecule has 0 saturated carbocycles. The highest BCUT2D eigenvalue weighted by molar-refractivity contribution is 7.99. The Morgan fingerprint density at radius 1 is 1.31 bits per heavy atom. The number of benzene rings is 1. The Bertz CT molecular complexity index is 853. The predicted octanol–water partition coefficient (Wildman–Crippen LogP) is 2.65. The van der Waals surface area contributed by atoms with E-state index in [1.807, 2.05) is 23.6 Å². The van der Waals surface area contributed by atoms with Crippen molar-refractivity contribution in [1.82, 2.24) is 10.2 Å². The van der Waals surface area contributed by atoms with E-state index in [4.69, 9.17) is 9.47 Å². The van der Waals surface area contributed by atoms with Gasteiger partial charge in [-0.3, -0.25) is 9.59 Å². The molecular weight excluding hydrogens is 372 g/mol. The summed E-state index contributed by atoms with van der Waals surface area (Å²) < 4.78 is 10.7. The smallest absolute Gasteiger partial charge is 0.260 e. The van der Waals surface area contributed by atoms with Crippen molar-refractivity contribution in [3.05, 3.63) is 45.6 Å². The summed E-state index contributed by atoms with van der Waals surface area (Å²) >= 11 is 3.20. The molecule has 2 aliphatic heterocycles. The molecule has 0 aliphatic carbocycles. The molecule has 2 amide bonds. The predicted molar refractivity (Wildman–Crippen MR) is 101 cm³/mol. The Morgan fingerprint density at radius 2 is 2.15 bits per heavy atom. The maximum atomic E-state index is 13.1. The van der Waals surface area contributed by atoms with E-state index in [1.54, 1.807) is 41.2 Å². The molecule has 0 bridgehead atoms. The van der Waals surface area contributed by atoms with Gasteiger partial charge < -0.3 is 19.7 Å². The second-order valence-corrected chi connectivity index (χ2v) is 8.12. The lowest BCUT2D eigenvalue weighted by Crippen LogP contribution is -2.45. The number of thiophene rings is 1. The molecule has 0 spiro atoms. The van der Waals surface area contributed by atoms with E-state index >= 15 is 0 Å². The molecule has 0 radical (unpaired) electrons. The number of methoxy groups -OCH3 is 2. The molecule has 8 heteroatoms. The number of thioether (sulfide) groups is 1. The van der Waals surface area contributed by atoms with Crippen LogP contribution in [0.1, 0.15) is 26.2 Å². The topological polar surface area (TPSA) is 67.9 Å². The van der Waals surface area contributed by atoms with Crippen LogP contribution in [0.5, 0.6) is 11.5 Å². The van der Waals surface area contributed by atoms with Crippen LogP contribution in [0.4, 0.5) is 0 Å². The summed E-state index contributed by atoms with van der Waals surface area (Å²) in [4.78, 5) is 28.5. The van der Waals surface area contributed by atoms with Crippen LogP contribution in [0.15, 0.2) is 29.6 Å². The summed E-state index contributed by atoms with van der Waals surface area (Å²) in [5.41, 5.74) is 1.38. The first kappa shape index (κ1) is 17.2. The fourth-order valence-corrected chi connectivity index (χ4v) is 5.50. The van der Waals surface area contributed by atoms with E-state index in [1.165, 1.54) is 7.11 Å². The van der Waals surface area contributed by atoms with E-state index in [0.29, 0.717) is 29.4 Å². The highest BCUT2D eigenvalue weighted by Crippen LogP contribution is 2.52. The van der Waals surface area contributed by atoms with Crippen LogP contribution in [0, 0.1) is 0 Å². The van der Waals surface area contributed by atoms with Gasteiger partial charge in [-0.1, -0.05) is 12.1 Å². The Hall–Kier alpha value is -2.19. The van der Waals surface area contributed by atoms with E-state index < -0.39 is 6.04 Å². The zero-order chi connectivity index (χ0) is 18.3. The molecule has 1 aromatic heterocycles. The summed E-state index contributed by atoms with van der Waals surface area (Å²) in [5, 5.41) is 4.76. The van der Waals surface area contributed by atoms with Crippen LogP contribution >= 0.6 is 23.1 Å². The van der Waals surface area contributed by atoms with E-state index in [2.05, 4.69) is 5.32 Å². The normalized spacial score (nSPS) is 20.7. The van der Waals surface area contributed by atoms with Crippen LogP contribution in [0.25, 0.3) is 0 Å². The summed E-state index contributed by atoms with van der Waals surface area (Å²) in [6.45, 7) is 0.481. The van der Waals surface area contributed by atoms with Crippen LogP contribution in [-0.2, 0) is 11.3 Å². The van der Waals surface area contributed by atoms with Gasteiger partial charge in [-0.05, 0) is 17.5 Å². The maximum Gasteiger partial charge on any atom is 0.260 e. The van der Waals surface area contributed by atoms with Crippen molar-refractivity contribution in [2.45, 2.75) is 18.0 Å². The minimum atomic E-state index is -0.486. The number of nitrogens with one attached hydrogen (secondary N) is 1. The molecule has 0 unspecified atom stereocenters. The first-order chi connectivity index (χ1) is 12.7. The quantitative estimate of drug-likeness (QED) is 0.850. The third-order valence-electron chi connectivity index (χ3n) is 4.61. The summed E-state index contributed by atoms with van der Waals surface area (Å²) in [5.74, 6) is 1.23. The first-order valence-corrected chi connectivity index (χ1v) is 10.1. The van der Waals surface area contributed by atoms with Crippen LogP contribution in [0.3, 0.4) is 0 Å². The van der Waals surface area contributed by atoms with Crippen molar-refractivity contribution in [3.8, 4) is 11.5 Å². The van der Waals surface area contributed by atoms with Crippen LogP contribution in [-0.4, -0.2) is 42.7 Å². The molecule has 2 aliphatic rings. The summed E-state index contributed by atoms with van der Waals surface area (Å²) in [6, 6.07) is 7.14. The number of hydrogen-bond acceptors (Lipinski definition) is 6. The van der Waals surface area contributed by atoms with Gasteiger partial charge in [0.2, 0.25) is 5.91 Å². The van der Waals surface area contributed by atoms with Crippen molar-refractivity contribution < 1.29 is 19.1 Å². The number of fused-ring (bicyclic) bond motifs is 3. The number of rotatable bonds is 5. The zero-order valence-corrected chi connectivity index (χ0v) is 16.0. The Morgan fingerprint density at radius 3 is 2.85 bits per heavy atom. The largest absolute Gasteiger partial charge is 0.493 e. The summed E-state index contributed by atoms with van der Waals surface area (Å²) in [6.07, 6.45) is 0. The van der Waals surface area contributed by atoms with E-state index in [0.717, 1.165) is 10.4 Å². The van der Waals surface area contributed by atoms with Crippen molar-refractivity contribution >= 4 is 34.9 Å². The van der Waals surface area contributed by atoms with Crippen molar-refractivity contribution in [2.75, 3.05) is 20.0 Å². The fourth-order valence-electron chi connectivity index (χ4n) is 3.40. The molecular formula is C18H18N2O4S2. The van der Waals surface area contributed by atoms with Gasteiger partial charge in [-0.15, -0.1) is 23.1 Å². The van der Waals surface area contributed by atoms with Gasteiger partial charge in [-0.25, -0.2) is 0 Å². The number of amides is 2. The molecule has 2 aromatic rings. The van der Waals surface area contributed by atoms with Gasteiger partial charge in [0.25, 0.3) is 5.91 Å². The first-order valence-electron chi connectivity index (χ1n) is 8.15. The van der Waals surface area contributed by atoms with Crippen LogP contribution < -0.4 is 14.8 Å². The Kier molecular flexibility index (Phi) is 4.54. The SMILES string of the molecule is COc1ccc2c(c1OC)C(=O)N1[C@@H]2SC[C@H]1C(=O)NCc1cccs1. The van der Waals surface area contributed by atoms with Gasteiger partial charge in [0.15, 0.2) is 11.5 Å². The third kappa shape index (κ3) is 2.64. The third-order valence-corrected chi connectivity index (χ3v) is 6.79. The lowest BCUT2D eigenvalue weighted by atomic mass is 10.1. The highest BCUT2D eigenvalue weighted by Gasteiger charge is 2.50. The lowest BCUT2D eigenvalue weighted by molar-refractivity contribution is -0.124. The van der Waals surface area contributed by atoms with Gasteiger partial charge in [-0.2, -0.15) is 0 Å². The Labute approximate surface area is 159 Å². The highest BCUT2D eigenvalue weighted by atomic mass is 32.2. The molecule has 1 saturated heterocycles. The van der Waals surface area contributed by atoms with Gasteiger partial charge in [0.1, 0.15) is 11.4 Å². The van der Waals surface area contributed by atoms with Crippen LogP contribution in [0.2, 0.25) is 0 Å². The number of nitrogens with zero attached hydrogens (tertiary/aromatic N) is 1. The minimum Gasteiger partial charge on any atom is -0.493 e. The fraction of sp³-hybridized carbons (Fsp3) is 0.333. The second kappa shape index (κ2) is 6.85. The molecule has 2 atom stereocenters. The molecule has 6 nitrogen and oxygen atoms in total. The number of hydrogen-bond donors (Lipinski definition) is 1. The molecule has 4 rings (SSSR count). The average Bonchev–Trinajstić information content (AvgIpc) is 3.37. The molecule has 1 fully saturated rings. The molecule has 3 heterocycles. The monoisotopic (exact) mass is 390 g/mol. The lowest BCUT2D eigenvalue weighted by Gasteiger charge is -2.22. The van der Waals surface area contributed by atoms with E-state index in [-0.39, 0.29) is 17.2 Å². The standard InChI is InChI=1S/C18H18N2O4S2/c1-23-13-6-5-11-14(15(13)24-2)17(22)20-12(9-26-18(11)20)16(21)19-8-10-4-3-7-25-10/h3-7,12,18H,8-9H2,1-2H3,(H,19,21)/t12-,18+/m0/s1. The van der Waals surface area contributed by atoms with Crippen molar-refractivity contribution in [2.24, 2.45) is 0 Å². The average molecular weight is 390 g/mol. The molecule has 26 heavy (non-hydrogen) atoms. The maximum absolute atomic E-state index is 13.1. The van der Waals surface area contributed by atoms with Gasteiger partial charge in [0.05, 0.1) is 26.3 Å². The molecule has 1 aromatic carbocycles. The van der Waals surface area contributed by atoms with E-state index in [9.17, 15) is 9.59 Å². The van der Waals surface area contributed by atoms with Gasteiger partial charge in [0, 0.05) is 16.2 Å². The number of ether oxygens (including phenoxy) is 2. The number of carbonyl (C=O) groups is 2. The summed E-state index contributed by atoms with van der Waals surface area (Å²) in [7, 11) is 3.06. The molecule has 1 N–H and O–H groups in total. The number of carbonyl (C=O) groups excluding carboxylic acids is 2. The van der Waals surface area contributed by atoms with Crippen molar-refractivity contribution in [3.63, 3.8) is 0 Å². The Balaban J connectivity index is 1.58. The zero-order valence-electron chi connectivity index (χ0n) is 14.4. The minimum absolute atomic E-state index is 0.125. The van der Waals surface area contributed by atoms with Crippen molar-refractivity contribution in [1.29, 1.82) is 0 Å². The molecule has 136 valence electrons. The second-order valence-electron chi connectivity index (χ2n) is 5.98.